The SMILES string of the molecule is COCC(CNc1ccc(CNCC(C)C)nn1)OC. The van der Waals surface area contributed by atoms with E-state index in [-0.39, 0.29) is 6.10 Å². The molecule has 114 valence electrons. The van der Waals surface area contributed by atoms with E-state index in [1.54, 1.807) is 14.2 Å². The first kappa shape index (κ1) is 16.8. The second-order valence-corrected chi connectivity index (χ2v) is 5.13. The van der Waals surface area contributed by atoms with Crippen LogP contribution in [0, 0.1) is 5.92 Å². The van der Waals surface area contributed by atoms with Crippen molar-refractivity contribution in [2.75, 3.05) is 39.2 Å². The first-order valence-electron chi connectivity index (χ1n) is 6.94. The van der Waals surface area contributed by atoms with E-state index in [1.165, 1.54) is 0 Å². The van der Waals surface area contributed by atoms with Gasteiger partial charge in [0.25, 0.3) is 0 Å². The molecule has 0 radical (unpaired) electrons. The smallest absolute Gasteiger partial charge is 0.148 e. The van der Waals surface area contributed by atoms with E-state index in [0.717, 1.165) is 24.6 Å². The fourth-order valence-electron chi connectivity index (χ4n) is 1.65. The molecular weight excluding hydrogens is 256 g/mol. The lowest BCUT2D eigenvalue weighted by Crippen LogP contribution is -2.27. The Kier molecular flexibility index (Phi) is 8.10. The number of hydrogen-bond donors (Lipinski definition) is 2. The van der Waals surface area contributed by atoms with E-state index in [9.17, 15) is 0 Å². The van der Waals surface area contributed by atoms with Gasteiger partial charge in [-0.05, 0) is 24.6 Å². The van der Waals surface area contributed by atoms with Gasteiger partial charge in [-0.2, -0.15) is 5.10 Å². The van der Waals surface area contributed by atoms with E-state index in [0.29, 0.717) is 19.1 Å². The average molecular weight is 282 g/mol. The number of aromatic nitrogens is 2. The molecule has 2 N–H and O–H groups in total. The number of ether oxygens (including phenoxy) is 2. The van der Waals surface area contributed by atoms with Gasteiger partial charge in [0.2, 0.25) is 0 Å². The number of nitrogens with one attached hydrogen (secondary N) is 2. The summed E-state index contributed by atoms with van der Waals surface area (Å²) in [5, 5.41) is 14.8. The maximum absolute atomic E-state index is 5.27. The van der Waals surface area contributed by atoms with Gasteiger partial charge in [-0.25, -0.2) is 0 Å². The van der Waals surface area contributed by atoms with Crippen LogP contribution in [0.25, 0.3) is 0 Å². The minimum absolute atomic E-state index is 0.00850. The number of hydrogen-bond acceptors (Lipinski definition) is 6. The minimum Gasteiger partial charge on any atom is -0.382 e. The molecule has 20 heavy (non-hydrogen) atoms. The topological polar surface area (TPSA) is 68.3 Å². The lowest BCUT2D eigenvalue weighted by atomic mass is 10.2. The van der Waals surface area contributed by atoms with Crippen LogP contribution in [0.4, 0.5) is 5.82 Å². The van der Waals surface area contributed by atoms with Crippen LogP contribution in [0.2, 0.25) is 0 Å². The van der Waals surface area contributed by atoms with E-state index in [2.05, 4.69) is 34.7 Å². The lowest BCUT2D eigenvalue weighted by molar-refractivity contribution is 0.0365. The third-order valence-corrected chi connectivity index (χ3v) is 2.78. The number of nitrogens with zero attached hydrogens (tertiary/aromatic N) is 2. The Balaban J connectivity index is 2.34. The largest absolute Gasteiger partial charge is 0.382 e. The molecule has 0 aliphatic heterocycles. The summed E-state index contributed by atoms with van der Waals surface area (Å²) in [5.41, 5.74) is 0.941. The molecule has 0 fully saturated rings. The first-order valence-corrected chi connectivity index (χ1v) is 6.94. The Morgan fingerprint density at radius 3 is 2.50 bits per heavy atom. The summed E-state index contributed by atoms with van der Waals surface area (Å²) in [5.74, 6) is 1.38. The van der Waals surface area contributed by atoms with Crippen LogP contribution in [0.5, 0.6) is 0 Å². The average Bonchev–Trinajstić information content (AvgIpc) is 2.44. The van der Waals surface area contributed by atoms with Crippen LogP contribution in [0.3, 0.4) is 0 Å². The quantitative estimate of drug-likeness (QED) is 0.674. The van der Waals surface area contributed by atoms with Gasteiger partial charge < -0.3 is 20.1 Å². The molecule has 1 aromatic heterocycles. The minimum atomic E-state index is 0.00850. The van der Waals surface area contributed by atoms with Gasteiger partial charge in [0, 0.05) is 27.3 Å². The zero-order valence-corrected chi connectivity index (χ0v) is 12.8. The second kappa shape index (κ2) is 9.63. The Morgan fingerprint density at radius 1 is 1.15 bits per heavy atom. The van der Waals surface area contributed by atoms with Gasteiger partial charge in [0.1, 0.15) is 5.82 Å². The number of methoxy groups -OCH3 is 2. The van der Waals surface area contributed by atoms with Crippen LogP contribution in [0.1, 0.15) is 19.5 Å². The Labute approximate surface area is 121 Å². The van der Waals surface area contributed by atoms with Gasteiger partial charge >= 0.3 is 0 Å². The number of anilines is 1. The highest BCUT2D eigenvalue weighted by Crippen LogP contribution is 2.03. The van der Waals surface area contributed by atoms with Crippen molar-refractivity contribution in [1.82, 2.24) is 15.5 Å². The predicted octanol–water partition coefficient (Wildman–Crippen LogP) is 1.30. The highest BCUT2D eigenvalue weighted by Gasteiger charge is 2.07. The second-order valence-electron chi connectivity index (χ2n) is 5.13. The molecule has 6 nitrogen and oxygen atoms in total. The molecule has 0 amide bonds. The molecule has 6 heteroatoms. The molecule has 0 aromatic carbocycles. The summed E-state index contributed by atoms with van der Waals surface area (Å²) < 4.78 is 10.3. The Hall–Kier alpha value is -1.24. The summed E-state index contributed by atoms with van der Waals surface area (Å²) in [4.78, 5) is 0. The van der Waals surface area contributed by atoms with Gasteiger partial charge in [-0.3, -0.25) is 0 Å². The van der Waals surface area contributed by atoms with Crippen LogP contribution in [-0.2, 0) is 16.0 Å². The Morgan fingerprint density at radius 2 is 1.95 bits per heavy atom. The van der Waals surface area contributed by atoms with Crippen molar-refractivity contribution in [2.24, 2.45) is 5.92 Å². The van der Waals surface area contributed by atoms with Crippen molar-refractivity contribution < 1.29 is 9.47 Å². The molecule has 0 saturated carbocycles. The lowest BCUT2D eigenvalue weighted by Gasteiger charge is -2.15. The maximum atomic E-state index is 5.27. The Bertz CT molecular complexity index is 357. The van der Waals surface area contributed by atoms with Crippen LogP contribution in [-0.4, -0.2) is 50.2 Å². The fraction of sp³-hybridized carbons (Fsp3) is 0.714. The van der Waals surface area contributed by atoms with Gasteiger partial charge in [0.15, 0.2) is 0 Å². The third-order valence-electron chi connectivity index (χ3n) is 2.78. The molecule has 0 aliphatic carbocycles. The van der Waals surface area contributed by atoms with Crippen molar-refractivity contribution in [3.8, 4) is 0 Å². The van der Waals surface area contributed by atoms with Crippen molar-refractivity contribution in [3.63, 3.8) is 0 Å². The predicted molar refractivity (Wildman–Crippen MR) is 79.7 cm³/mol. The van der Waals surface area contributed by atoms with Crippen molar-refractivity contribution in [2.45, 2.75) is 26.5 Å². The summed E-state index contributed by atoms with van der Waals surface area (Å²) in [6.45, 7) is 7.28. The van der Waals surface area contributed by atoms with E-state index in [1.807, 2.05) is 12.1 Å². The summed E-state index contributed by atoms with van der Waals surface area (Å²) in [6.07, 6.45) is 0.00850. The van der Waals surface area contributed by atoms with Crippen molar-refractivity contribution >= 4 is 5.82 Å². The van der Waals surface area contributed by atoms with Gasteiger partial charge in [0.05, 0.1) is 18.4 Å². The van der Waals surface area contributed by atoms with E-state index < -0.39 is 0 Å². The van der Waals surface area contributed by atoms with Crippen LogP contribution >= 0.6 is 0 Å². The van der Waals surface area contributed by atoms with Gasteiger partial charge in [-0.1, -0.05) is 13.8 Å². The molecule has 1 heterocycles. The molecule has 1 aromatic rings. The van der Waals surface area contributed by atoms with Crippen LogP contribution in [0.15, 0.2) is 12.1 Å². The van der Waals surface area contributed by atoms with Crippen LogP contribution < -0.4 is 10.6 Å². The highest BCUT2D eigenvalue weighted by molar-refractivity contribution is 5.32. The molecule has 1 atom stereocenters. The normalized spacial score (nSPS) is 12.7. The van der Waals surface area contributed by atoms with Crippen molar-refractivity contribution in [1.29, 1.82) is 0 Å². The summed E-state index contributed by atoms with van der Waals surface area (Å²) in [7, 11) is 3.32. The third kappa shape index (κ3) is 6.79. The monoisotopic (exact) mass is 282 g/mol. The number of rotatable bonds is 10. The molecule has 0 bridgehead atoms. The van der Waals surface area contributed by atoms with Crippen molar-refractivity contribution in [3.05, 3.63) is 17.8 Å². The fourth-order valence-corrected chi connectivity index (χ4v) is 1.65. The highest BCUT2D eigenvalue weighted by atomic mass is 16.5. The maximum Gasteiger partial charge on any atom is 0.148 e. The zero-order valence-electron chi connectivity index (χ0n) is 12.8. The molecular formula is C14H26N4O2. The molecule has 1 unspecified atom stereocenters. The first-order chi connectivity index (χ1) is 9.65. The molecule has 0 aliphatic rings. The molecule has 0 saturated heterocycles. The molecule has 0 spiro atoms. The van der Waals surface area contributed by atoms with E-state index in [4.69, 9.17) is 9.47 Å². The standard InChI is InChI=1S/C14H26N4O2/c1-11(2)7-15-8-12-5-6-14(18-17-12)16-9-13(20-4)10-19-3/h5-6,11,13,15H,7-10H2,1-4H3,(H,16,18). The van der Waals surface area contributed by atoms with E-state index >= 15 is 0 Å². The van der Waals surface area contributed by atoms with Gasteiger partial charge in [-0.15, -0.1) is 5.10 Å². The summed E-state index contributed by atoms with van der Waals surface area (Å²) in [6, 6.07) is 3.90. The summed E-state index contributed by atoms with van der Waals surface area (Å²) >= 11 is 0. The zero-order chi connectivity index (χ0) is 14.8. The molecule has 1 rings (SSSR count).